The molecule has 5 unspecified atom stereocenters. The fourth-order valence-corrected chi connectivity index (χ4v) is 4.26. The monoisotopic (exact) mass is 237 g/mol. The van der Waals surface area contributed by atoms with Crippen molar-refractivity contribution in [2.24, 2.45) is 11.8 Å². The average Bonchev–Trinajstić information content (AvgIpc) is 3.09. The van der Waals surface area contributed by atoms with Crippen molar-refractivity contribution in [3.8, 4) is 0 Å². The lowest BCUT2D eigenvalue weighted by Gasteiger charge is -2.29. The van der Waals surface area contributed by atoms with E-state index in [1.807, 2.05) is 0 Å². The minimum Gasteiger partial charge on any atom is -0.288 e. The molecule has 1 aliphatic heterocycles. The molecule has 0 aromatic carbocycles. The molecule has 0 bridgehead atoms. The second kappa shape index (κ2) is 4.91. The third-order valence-electron chi connectivity index (χ3n) is 5.33. The molecule has 0 aromatic heterocycles. The molecule has 1 saturated heterocycles. The molecule has 2 fully saturated rings. The van der Waals surface area contributed by atoms with Crippen molar-refractivity contribution in [2.45, 2.75) is 90.8 Å². The minimum atomic E-state index is 0.641. The van der Waals surface area contributed by atoms with Crippen molar-refractivity contribution < 1.29 is 0 Å². The lowest BCUT2D eigenvalue weighted by molar-refractivity contribution is 0.177. The van der Waals surface area contributed by atoms with Gasteiger partial charge in [-0.2, -0.15) is 0 Å². The van der Waals surface area contributed by atoms with Gasteiger partial charge in [-0.15, -0.1) is 0 Å². The minimum absolute atomic E-state index is 0.641. The first-order valence-corrected chi connectivity index (χ1v) is 7.89. The largest absolute Gasteiger partial charge is 0.288 e. The Morgan fingerprint density at radius 3 is 2.29 bits per heavy atom. The summed E-state index contributed by atoms with van der Waals surface area (Å²) < 4.78 is 0. The Morgan fingerprint density at radius 1 is 1.18 bits per heavy atom. The van der Waals surface area contributed by atoms with Crippen molar-refractivity contribution in [2.75, 3.05) is 0 Å². The van der Waals surface area contributed by atoms with Crippen molar-refractivity contribution >= 4 is 0 Å². The Balaban J connectivity index is 1.79. The van der Waals surface area contributed by atoms with E-state index in [2.05, 4.69) is 39.5 Å². The SMILES string of the molecule is CCCC1C2N(C(CC)C[C@H](C)CCC)C12C. The molecule has 0 aromatic rings. The summed E-state index contributed by atoms with van der Waals surface area (Å²) in [5, 5.41) is 0. The van der Waals surface area contributed by atoms with Crippen LogP contribution in [0.1, 0.15) is 73.1 Å². The van der Waals surface area contributed by atoms with Gasteiger partial charge in [-0.05, 0) is 38.0 Å². The van der Waals surface area contributed by atoms with Crippen LogP contribution in [0.2, 0.25) is 0 Å². The zero-order valence-corrected chi connectivity index (χ0v) is 12.5. The quantitative estimate of drug-likeness (QED) is 0.563. The zero-order valence-electron chi connectivity index (χ0n) is 12.5. The second-order valence-corrected chi connectivity index (χ2v) is 6.66. The van der Waals surface area contributed by atoms with Gasteiger partial charge in [0, 0.05) is 17.6 Å². The van der Waals surface area contributed by atoms with E-state index < -0.39 is 0 Å². The highest BCUT2D eigenvalue weighted by Crippen LogP contribution is 2.70. The molecule has 1 heteroatoms. The molecule has 0 radical (unpaired) electrons. The van der Waals surface area contributed by atoms with Gasteiger partial charge >= 0.3 is 0 Å². The maximum absolute atomic E-state index is 2.83. The number of rotatable bonds is 8. The molecule has 0 N–H and O–H groups in total. The van der Waals surface area contributed by atoms with Gasteiger partial charge in [0.25, 0.3) is 0 Å². The Bertz CT molecular complexity index is 262. The lowest BCUT2D eigenvalue weighted by Crippen LogP contribution is -2.34. The Kier molecular flexibility index (Phi) is 3.87. The molecule has 100 valence electrons. The van der Waals surface area contributed by atoms with Crippen LogP contribution in [0.4, 0.5) is 0 Å². The normalized spacial score (nSPS) is 41.8. The van der Waals surface area contributed by atoms with Crippen LogP contribution in [0.3, 0.4) is 0 Å². The third-order valence-corrected chi connectivity index (χ3v) is 5.33. The highest BCUT2D eigenvalue weighted by molar-refractivity contribution is 5.38. The van der Waals surface area contributed by atoms with Gasteiger partial charge in [0.1, 0.15) is 0 Å². The van der Waals surface area contributed by atoms with E-state index in [4.69, 9.17) is 0 Å². The number of hydrogen-bond donors (Lipinski definition) is 0. The summed E-state index contributed by atoms with van der Waals surface area (Å²) in [6.45, 7) is 12.0. The molecular formula is C16H31N. The van der Waals surface area contributed by atoms with Crippen LogP contribution in [-0.4, -0.2) is 22.5 Å². The van der Waals surface area contributed by atoms with Gasteiger partial charge in [0.05, 0.1) is 0 Å². The predicted octanol–water partition coefficient (Wildman–Crippen LogP) is 4.46. The molecule has 17 heavy (non-hydrogen) atoms. The molecule has 6 atom stereocenters. The van der Waals surface area contributed by atoms with Crippen LogP contribution in [0.25, 0.3) is 0 Å². The highest BCUT2D eigenvalue weighted by Gasteiger charge is 2.82. The number of fused-ring (bicyclic) bond motifs is 1. The molecule has 0 spiro atoms. The molecule has 1 aliphatic carbocycles. The van der Waals surface area contributed by atoms with E-state index >= 15 is 0 Å². The van der Waals surface area contributed by atoms with Crippen molar-refractivity contribution in [3.05, 3.63) is 0 Å². The van der Waals surface area contributed by atoms with Crippen LogP contribution in [0, 0.1) is 11.8 Å². The van der Waals surface area contributed by atoms with E-state index in [1.165, 1.54) is 38.5 Å². The van der Waals surface area contributed by atoms with Gasteiger partial charge in [0.15, 0.2) is 0 Å². The van der Waals surface area contributed by atoms with Gasteiger partial charge in [-0.3, -0.25) is 4.90 Å². The Morgan fingerprint density at radius 2 is 1.82 bits per heavy atom. The van der Waals surface area contributed by atoms with E-state index in [0.717, 1.165) is 23.9 Å². The maximum atomic E-state index is 2.83. The fourth-order valence-electron chi connectivity index (χ4n) is 4.26. The average molecular weight is 237 g/mol. The van der Waals surface area contributed by atoms with Crippen molar-refractivity contribution in [1.82, 2.24) is 4.90 Å². The van der Waals surface area contributed by atoms with Gasteiger partial charge in [-0.1, -0.05) is 47.0 Å². The molecule has 1 saturated carbocycles. The lowest BCUT2D eigenvalue weighted by atomic mass is 9.94. The summed E-state index contributed by atoms with van der Waals surface area (Å²) in [4.78, 5) is 2.83. The summed E-state index contributed by atoms with van der Waals surface area (Å²) in [5.41, 5.74) is 0.641. The third kappa shape index (κ3) is 2.16. The first-order chi connectivity index (χ1) is 8.11. The van der Waals surface area contributed by atoms with Gasteiger partial charge < -0.3 is 0 Å². The van der Waals surface area contributed by atoms with E-state index in [0.29, 0.717) is 5.54 Å². The number of nitrogens with zero attached hydrogens (tertiary/aromatic N) is 1. The first-order valence-electron chi connectivity index (χ1n) is 7.89. The molecular weight excluding hydrogens is 206 g/mol. The van der Waals surface area contributed by atoms with Crippen LogP contribution >= 0.6 is 0 Å². The standard InChI is InChI=1S/C16H31N/c1-6-9-12(4)11-13(8-3)17-15-14(10-7-2)16(15,17)5/h12-15H,6-11H2,1-5H3/t12-,13?,14?,15?,16?,17?/m1/s1. The molecule has 2 aliphatic rings. The topological polar surface area (TPSA) is 3.01 Å². The first kappa shape index (κ1) is 13.4. The van der Waals surface area contributed by atoms with Crippen molar-refractivity contribution in [1.29, 1.82) is 0 Å². The smallest absolute Gasteiger partial charge is 0.0390 e. The van der Waals surface area contributed by atoms with Crippen LogP contribution in [-0.2, 0) is 0 Å². The van der Waals surface area contributed by atoms with Crippen LogP contribution in [0.5, 0.6) is 0 Å². The van der Waals surface area contributed by atoms with E-state index in [9.17, 15) is 0 Å². The zero-order chi connectivity index (χ0) is 12.6. The van der Waals surface area contributed by atoms with Gasteiger partial charge in [0.2, 0.25) is 0 Å². The predicted molar refractivity (Wildman–Crippen MR) is 75.2 cm³/mol. The second-order valence-electron chi connectivity index (χ2n) is 6.66. The van der Waals surface area contributed by atoms with Gasteiger partial charge in [-0.25, -0.2) is 0 Å². The fraction of sp³-hybridized carbons (Fsp3) is 1.00. The van der Waals surface area contributed by atoms with Crippen LogP contribution in [0.15, 0.2) is 0 Å². The summed E-state index contributed by atoms with van der Waals surface area (Å²) in [6.07, 6.45) is 8.35. The van der Waals surface area contributed by atoms with E-state index in [-0.39, 0.29) is 0 Å². The molecule has 2 rings (SSSR count). The van der Waals surface area contributed by atoms with E-state index in [1.54, 1.807) is 0 Å². The number of hydrogen-bond acceptors (Lipinski definition) is 1. The molecule has 1 nitrogen and oxygen atoms in total. The van der Waals surface area contributed by atoms with Crippen LogP contribution < -0.4 is 0 Å². The maximum Gasteiger partial charge on any atom is 0.0390 e. The van der Waals surface area contributed by atoms with Crippen molar-refractivity contribution in [3.63, 3.8) is 0 Å². The summed E-state index contributed by atoms with van der Waals surface area (Å²) >= 11 is 0. The Labute approximate surface area is 108 Å². The summed E-state index contributed by atoms with van der Waals surface area (Å²) in [5.74, 6) is 1.96. The Hall–Kier alpha value is -0.0400. The molecule has 1 heterocycles. The highest BCUT2D eigenvalue weighted by atomic mass is 15.5. The summed E-state index contributed by atoms with van der Waals surface area (Å²) in [6, 6.07) is 1.85. The molecule has 0 amide bonds. The summed E-state index contributed by atoms with van der Waals surface area (Å²) in [7, 11) is 0. The number of likely N-dealkylation sites (tertiary alicyclic amines) is 1.